The molecule has 1 unspecified atom stereocenters. The third kappa shape index (κ3) is 1.56. The van der Waals surface area contributed by atoms with Crippen molar-refractivity contribution in [2.45, 2.75) is 46.0 Å². The number of aromatic nitrogens is 3. The topological polar surface area (TPSA) is 30.2 Å². The average molecular weight is 235 g/mol. The Labute approximate surface area is 99.5 Å². The molecule has 0 spiro atoms. The summed E-state index contributed by atoms with van der Waals surface area (Å²) in [5.41, 5.74) is 2.68. The van der Waals surface area contributed by atoms with E-state index in [-0.39, 0.29) is 0 Å². The van der Waals surface area contributed by atoms with Crippen molar-refractivity contribution in [2.75, 3.05) is 0 Å². The Morgan fingerprint density at radius 2 is 2.38 bits per heavy atom. The van der Waals surface area contributed by atoms with Crippen LogP contribution in [0.25, 0.3) is 4.96 Å². The molecule has 0 radical (unpaired) electrons. The first-order valence-electron chi connectivity index (χ1n) is 6.12. The lowest BCUT2D eigenvalue weighted by Crippen LogP contribution is -2.15. The lowest BCUT2D eigenvalue weighted by molar-refractivity contribution is 0.412. The van der Waals surface area contributed by atoms with Gasteiger partial charge in [0.15, 0.2) is 0 Å². The fraction of sp³-hybridized carbons (Fsp3) is 0.667. The first kappa shape index (κ1) is 10.3. The highest BCUT2D eigenvalue weighted by molar-refractivity contribution is 7.16. The Hall–Kier alpha value is -0.900. The molecule has 0 bridgehead atoms. The summed E-state index contributed by atoms with van der Waals surface area (Å²) in [7, 11) is 0. The van der Waals surface area contributed by atoms with Crippen LogP contribution in [-0.4, -0.2) is 14.6 Å². The number of fused-ring (bicyclic) bond motifs is 3. The van der Waals surface area contributed by atoms with Crippen LogP contribution in [0.4, 0.5) is 0 Å². The molecule has 4 heteroatoms. The van der Waals surface area contributed by atoms with E-state index in [0.29, 0.717) is 0 Å². The number of nitrogens with zero attached hydrogens (tertiary/aromatic N) is 3. The number of aryl methyl sites for hydroxylation is 2. The quantitative estimate of drug-likeness (QED) is 0.801. The van der Waals surface area contributed by atoms with E-state index in [9.17, 15) is 0 Å². The largest absolute Gasteiger partial charge is 0.222 e. The molecule has 2 aromatic heterocycles. The van der Waals surface area contributed by atoms with Crippen molar-refractivity contribution in [1.29, 1.82) is 0 Å². The predicted octanol–water partition coefficient (Wildman–Crippen LogP) is 3.00. The van der Waals surface area contributed by atoms with Gasteiger partial charge in [0, 0.05) is 0 Å². The van der Waals surface area contributed by atoms with Crippen LogP contribution in [0.1, 0.15) is 42.6 Å². The van der Waals surface area contributed by atoms with E-state index in [4.69, 9.17) is 0 Å². The maximum atomic E-state index is 4.69. The van der Waals surface area contributed by atoms with Crippen molar-refractivity contribution in [3.63, 3.8) is 0 Å². The van der Waals surface area contributed by atoms with Crippen molar-refractivity contribution in [3.8, 4) is 0 Å². The smallest absolute Gasteiger partial charge is 0.212 e. The standard InChI is InChI=1S/C12H17N3S/c1-3-4-9-5-6-10-11(7-9)15-12(13-10)16-8(2)14-15/h9H,3-7H2,1-2H3. The molecule has 3 nitrogen and oxygen atoms in total. The second-order valence-corrected chi connectivity index (χ2v) is 5.88. The molecule has 1 aliphatic carbocycles. The third-order valence-corrected chi connectivity index (χ3v) is 4.27. The van der Waals surface area contributed by atoms with Gasteiger partial charge in [0.2, 0.25) is 4.96 Å². The number of hydrogen-bond acceptors (Lipinski definition) is 3. The van der Waals surface area contributed by atoms with E-state index in [2.05, 4.69) is 28.4 Å². The van der Waals surface area contributed by atoms with Gasteiger partial charge in [0.05, 0.1) is 11.4 Å². The lowest BCUT2D eigenvalue weighted by Gasteiger charge is -2.20. The summed E-state index contributed by atoms with van der Waals surface area (Å²) >= 11 is 1.70. The van der Waals surface area contributed by atoms with E-state index in [1.807, 2.05) is 0 Å². The second-order valence-electron chi connectivity index (χ2n) is 4.72. The van der Waals surface area contributed by atoms with Gasteiger partial charge < -0.3 is 0 Å². The van der Waals surface area contributed by atoms with E-state index in [0.717, 1.165) is 22.3 Å². The van der Waals surface area contributed by atoms with Crippen LogP contribution in [0.5, 0.6) is 0 Å². The number of hydrogen-bond donors (Lipinski definition) is 0. The van der Waals surface area contributed by atoms with Crippen molar-refractivity contribution >= 4 is 16.3 Å². The maximum Gasteiger partial charge on any atom is 0.212 e. The molecule has 2 heterocycles. The van der Waals surface area contributed by atoms with Gasteiger partial charge in [0.25, 0.3) is 0 Å². The maximum absolute atomic E-state index is 4.69. The van der Waals surface area contributed by atoms with Crippen LogP contribution in [-0.2, 0) is 12.8 Å². The van der Waals surface area contributed by atoms with Gasteiger partial charge in [-0.25, -0.2) is 9.50 Å². The zero-order valence-electron chi connectivity index (χ0n) is 9.86. The van der Waals surface area contributed by atoms with Gasteiger partial charge >= 0.3 is 0 Å². The minimum Gasteiger partial charge on any atom is -0.222 e. The summed E-state index contributed by atoms with van der Waals surface area (Å²) in [4.78, 5) is 5.77. The van der Waals surface area contributed by atoms with E-state index in [1.54, 1.807) is 11.3 Å². The first-order chi connectivity index (χ1) is 7.78. The molecule has 1 aliphatic rings. The van der Waals surface area contributed by atoms with Crippen molar-refractivity contribution in [2.24, 2.45) is 5.92 Å². The zero-order chi connectivity index (χ0) is 11.1. The summed E-state index contributed by atoms with van der Waals surface area (Å²) < 4.78 is 2.08. The molecule has 0 aliphatic heterocycles. The Bertz CT molecular complexity index is 512. The minimum atomic E-state index is 0.847. The lowest BCUT2D eigenvalue weighted by atomic mass is 9.87. The predicted molar refractivity (Wildman–Crippen MR) is 66.0 cm³/mol. The third-order valence-electron chi connectivity index (χ3n) is 3.45. The van der Waals surface area contributed by atoms with Gasteiger partial charge in [-0.15, -0.1) is 0 Å². The molecule has 0 saturated heterocycles. The number of imidazole rings is 1. The van der Waals surface area contributed by atoms with Crippen molar-refractivity contribution < 1.29 is 0 Å². The Morgan fingerprint density at radius 1 is 1.50 bits per heavy atom. The SMILES string of the molecule is CCCC1CCc2nc3sc(C)nn3c2C1. The van der Waals surface area contributed by atoms with Gasteiger partial charge in [-0.1, -0.05) is 31.1 Å². The molecule has 3 rings (SSSR count). The fourth-order valence-electron chi connectivity index (χ4n) is 2.70. The van der Waals surface area contributed by atoms with Crippen LogP contribution in [0.3, 0.4) is 0 Å². The van der Waals surface area contributed by atoms with Crippen LogP contribution < -0.4 is 0 Å². The van der Waals surface area contributed by atoms with Crippen LogP contribution in [0.2, 0.25) is 0 Å². The van der Waals surface area contributed by atoms with Crippen molar-refractivity contribution in [1.82, 2.24) is 14.6 Å². The molecule has 2 aromatic rings. The first-order valence-corrected chi connectivity index (χ1v) is 6.93. The van der Waals surface area contributed by atoms with E-state index >= 15 is 0 Å². The van der Waals surface area contributed by atoms with E-state index < -0.39 is 0 Å². The summed E-state index contributed by atoms with van der Waals surface area (Å²) in [5.74, 6) is 0.847. The van der Waals surface area contributed by atoms with E-state index in [1.165, 1.54) is 37.1 Å². The van der Waals surface area contributed by atoms with Gasteiger partial charge in [-0.2, -0.15) is 5.10 Å². The molecule has 86 valence electrons. The molecule has 0 saturated carbocycles. The second kappa shape index (κ2) is 3.84. The fourth-order valence-corrected chi connectivity index (χ4v) is 3.48. The Kier molecular flexibility index (Phi) is 2.46. The van der Waals surface area contributed by atoms with Crippen molar-refractivity contribution in [3.05, 3.63) is 16.4 Å². The summed E-state index contributed by atoms with van der Waals surface area (Å²) in [5, 5.41) is 5.67. The summed E-state index contributed by atoms with van der Waals surface area (Å²) in [6.07, 6.45) is 6.27. The highest BCUT2D eigenvalue weighted by atomic mass is 32.1. The Morgan fingerprint density at radius 3 is 3.19 bits per heavy atom. The minimum absolute atomic E-state index is 0.847. The number of rotatable bonds is 2. The van der Waals surface area contributed by atoms with Gasteiger partial charge in [-0.3, -0.25) is 0 Å². The molecule has 0 N–H and O–H groups in total. The molecule has 0 amide bonds. The normalized spacial score (nSPS) is 20.2. The molecule has 16 heavy (non-hydrogen) atoms. The van der Waals surface area contributed by atoms with Gasteiger partial charge in [-0.05, 0) is 32.1 Å². The van der Waals surface area contributed by atoms with Crippen LogP contribution in [0, 0.1) is 12.8 Å². The zero-order valence-corrected chi connectivity index (χ0v) is 10.7. The molecule has 0 aromatic carbocycles. The average Bonchev–Trinajstić information content (AvgIpc) is 2.75. The molecular formula is C12H17N3S. The summed E-state index contributed by atoms with van der Waals surface area (Å²) in [6.45, 7) is 4.33. The molecular weight excluding hydrogens is 218 g/mol. The highest BCUT2D eigenvalue weighted by Crippen LogP contribution is 2.30. The highest BCUT2D eigenvalue weighted by Gasteiger charge is 2.24. The van der Waals surface area contributed by atoms with Crippen LogP contribution in [0.15, 0.2) is 0 Å². The van der Waals surface area contributed by atoms with Gasteiger partial charge in [0.1, 0.15) is 5.01 Å². The molecule has 0 fully saturated rings. The monoisotopic (exact) mass is 235 g/mol. The summed E-state index contributed by atoms with van der Waals surface area (Å²) in [6, 6.07) is 0. The van der Waals surface area contributed by atoms with Crippen LogP contribution >= 0.6 is 11.3 Å². The Balaban J connectivity index is 2.00. The molecule has 1 atom stereocenters.